The number of anilines is 1. The van der Waals surface area contributed by atoms with Crippen molar-refractivity contribution in [3.63, 3.8) is 0 Å². The molecular weight excluding hydrogens is 504 g/mol. The van der Waals surface area contributed by atoms with Crippen LogP contribution in [0.5, 0.6) is 5.75 Å². The molecule has 1 saturated heterocycles. The highest BCUT2D eigenvalue weighted by Crippen LogP contribution is 2.29. The number of amides is 4. The zero-order valence-corrected chi connectivity index (χ0v) is 19.1. The summed E-state index contributed by atoms with van der Waals surface area (Å²) in [4.78, 5) is 38.8. The molecule has 1 fully saturated rings. The van der Waals surface area contributed by atoms with Crippen molar-refractivity contribution < 1.29 is 19.1 Å². The van der Waals surface area contributed by atoms with Crippen molar-refractivity contribution >= 4 is 61.5 Å². The minimum absolute atomic E-state index is 0.0898. The van der Waals surface area contributed by atoms with Gasteiger partial charge in [0.2, 0.25) is 0 Å². The Bertz CT molecular complexity index is 1050. The van der Waals surface area contributed by atoms with E-state index in [1.54, 1.807) is 30.3 Å². The van der Waals surface area contributed by atoms with Crippen LogP contribution in [0.2, 0.25) is 0 Å². The molecule has 0 unspecified atom stereocenters. The van der Waals surface area contributed by atoms with Crippen LogP contribution >= 0.6 is 31.9 Å². The zero-order valence-electron chi connectivity index (χ0n) is 16.0. The molecule has 0 radical (unpaired) electrons. The van der Waals surface area contributed by atoms with Crippen LogP contribution in [0.25, 0.3) is 6.08 Å². The Labute approximate surface area is 185 Å². The fourth-order valence-electron chi connectivity index (χ4n) is 2.81. The Hall–Kier alpha value is -2.45. The van der Waals surface area contributed by atoms with Gasteiger partial charge in [0.25, 0.3) is 11.8 Å². The predicted octanol–water partition coefficient (Wildman–Crippen LogP) is 4.97. The number of carbonyl (C=O) groups is 3. The highest BCUT2D eigenvalue weighted by atomic mass is 79.9. The maximum atomic E-state index is 13.1. The zero-order chi connectivity index (χ0) is 21.3. The van der Waals surface area contributed by atoms with Crippen LogP contribution in [-0.4, -0.2) is 23.9 Å². The summed E-state index contributed by atoms with van der Waals surface area (Å²) in [5, 5.41) is 2.23. The highest BCUT2D eigenvalue weighted by molar-refractivity contribution is 9.10. The van der Waals surface area contributed by atoms with Gasteiger partial charge in [-0.05, 0) is 68.8 Å². The molecule has 29 heavy (non-hydrogen) atoms. The molecular formula is C21H18Br2N2O4. The standard InChI is InChI=1S/C21H18Br2N2O4/c1-11(2)29-18-7-4-14(22)9-13(18)10-16-19(26)24-21(28)25(20(16)27)15-5-6-17(23)12(3)8-15/h4-11H,1-3H3,(H,24,26,28)/b16-10-. The number of carbonyl (C=O) groups excluding carboxylic acids is 3. The molecule has 1 heterocycles. The van der Waals surface area contributed by atoms with E-state index in [-0.39, 0.29) is 11.7 Å². The topological polar surface area (TPSA) is 75.7 Å². The van der Waals surface area contributed by atoms with Gasteiger partial charge < -0.3 is 4.74 Å². The number of nitrogens with zero attached hydrogens (tertiary/aromatic N) is 1. The van der Waals surface area contributed by atoms with E-state index in [9.17, 15) is 14.4 Å². The molecule has 0 aromatic heterocycles. The van der Waals surface area contributed by atoms with Crippen molar-refractivity contribution in [2.45, 2.75) is 26.9 Å². The smallest absolute Gasteiger partial charge is 0.335 e. The maximum absolute atomic E-state index is 13.1. The minimum atomic E-state index is -0.785. The number of imide groups is 2. The van der Waals surface area contributed by atoms with Gasteiger partial charge in [-0.25, -0.2) is 9.69 Å². The summed E-state index contributed by atoms with van der Waals surface area (Å²) >= 11 is 6.79. The Kier molecular flexibility index (Phi) is 6.24. The second-order valence-corrected chi connectivity index (χ2v) is 8.51. The molecule has 0 spiro atoms. The average molecular weight is 522 g/mol. The van der Waals surface area contributed by atoms with Crippen molar-refractivity contribution in [1.82, 2.24) is 5.32 Å². The normalized spacial score (nSPS) is 15.9. The van der Waals surface area contributed by atoms with Gasteiger partial charge >= 0.3 is 6.03 Å². The summed E-state index contributed by atoms with van der Waals surface area (Å²) in [7, 11) is 0. The summed E-state index contributed by atoms with van der Waals surface area (Å²) in [6.07, 6.45) is 1.35. The number of halogens is 2. The molecule has 8 heteroatoms. The van der Waals surface area contributed by atoms with E-state index in [1.807, 2.05) is 26.8 Å². The highest BCUT2D eigenvalue weighted by Gasteiger charge is 2.37. The number of barbiturate groups is 1. The van der Waals surface area contributed by atoms with Gasteiger partial charge in [-0.3, -0.25) is 14.9 Å². The molecule has 6 nitrogen and oxygen atoms in total. The largest absolute Gasteiger partial charge is 0.490 e. The SMILES string of the molecule is Cc1cc(N2C(=O)NC(=O)/C(=C/c3cc(Br)ccc3OC(C)C)C2=O)ccc1Br. The Morgan fingerprint density at radius 1 is 1.07 bits per heavy atom. The molecule has 1 N–H and O–H groups in total. The van der Waals surface area contributed by atoms with Gasteiger partial charge in [0.05, 0.1) is 11.8 Å². The molecule has 2 aromatic rings. The predicted molar refractivity (Wildman–Crippen MR) is 118 cm³/mol. The van der Waals surface area contributed by atoms with Gasteiger partial charge in [-0.1, -0.05) is 31.9 Å². The summed E-state index contributed by atoms with van der Waals surface area (Å²) in [5.41, 5.74) is 1.62. The van der Waals surface area contributed by atoms with Gasteiger partial charge in [0, 0.05) is 14.5 Å². The number of hydrogen-bond donors (Lipinski definition) is 1. The van der Waals surface area contributed by atoms with Crippen molar-refractivity contribution in [2.75, 3.05) is 4.90 Å². The summed E-state index contributed by atoms with van der Waals surface area (Å²) in [5.74, 6) is -0.921. The molecule has 150 valence electrons. The summed E-state index contributed by atoms with van der Waals surface area (Å²) < 4.78 is 7.39. The van der Waals surface area contributed by atoms with Gasteiger partial charge in [-0.15, -0.1) is 0 Å². The fourth-order valence-corrected chi connectivity index (χ4v) is 3.43. The molecule has 3 rings (SSSR count). The van der Waals surface area contributed by atoms with Crippen molar-refractivity contribution in [2.24, 2.45) is 0 Å². The lowest BCUT2D eigenvalue weighted by Crippen LogP contribution is -2.54. The van der Waals surface area contributed by atoms with Gasteiger partial charge in [0.1, 0.15) is 11.3 Å². The van der Waals surface area contributed by atoms with E-state index in [0.717, 1.165) is 19.4 Å². The third-order valence-corrected chi connectivity index (χ3v) is 5.52. The number of nitrogens with one attached hydrogen (secondary N) is 1. The summed E-state index contributed by atoms with van der Waals surface area (Å²) in [6, 6.07) is 9.59. The number of urea groups is 1. The van der Waals surface area contributed by atoms with Gasteiger partial charge in [0.15, 0.2) is 0 Å². The first-order valence-electron chi connectivity index (χ1n) is 8.81. The number of ether oxygens (including phenoxy) is 1. The van der Waals surface area contributed by atoms with Crippen molar-refractivity contribution in [1.29, 1.82) is 0 Å². The van der Waals surface area contributed by atoms with E-state index in [0.29, 0.717) is 17.0 Å². The quantitative estimate of drug-likeness (QED) is 0.455. The number of aryl methyl sites for hydroxylation is 1. The lowest BCUT2D eigenvalue weighted by molar-refractivity contribution is -0.122. The molecule has 1 aliphatic heterocycles. The lowest BCUT2D eigenvalue weighted by Gasteiger charge is -2.27. The van der Waals surface area contributed by atoms with E-state index >= 15 is 0 Å². The fraction of sp³-hybridized carbons (Fsp3) is 0.190. The van der Waals surface area contributed by atoms with Gasteiger partial charge in [-0.2, -0.15) is 0 Å². The second kappa shape index (κ2) is 8.51. The van der Waals surface area contributed by atoms with E-state index in [2.05, 4.69) is 37.2 Å². The number of benzene rings is 2. The van der Waals surface area contributed by atoms with E-state index in [1.165, 1.54) is 6.08 Å². The molecule has 1 aliphatic rings. The Morgan fingerprint density at radius 3 is 2.45 bits per heavy atom. The third-order valence-electron chi connectivity index (χ3n) is 4.14. The first kappa shape index (κ1) is 21.3. The van der Waals surface area contributed by atoms with Crippen molar-refractivity contribution in [3.05, 3.63) is 62.0 Å². The molecule has 0 bridgehead atoms. The van der Waals surface area contributed by atoms with Crippen LogP contribution < -0.4 is 15.0 Å². The minimum Gasteiger partial charge on any atom is -0.490 e. The van der Waals surface area contributed by atoms with Crippen LogP contribution in [0, 0.1) is 6.92 Å². The molecule has 2 aromatic carbocycles. The Morgan fingerprint density at radius 2 is 1.79 bits per heavy atom. The first-order valence-corrected chi connectivity index (χ1v) is 10.4. The lowest BCUT2D eigenvalue weighted by atomic mass is 10.1. The second-order valence-electron chi connectivity index (χ2n) is 6.74. The molecule has 0 aliphatic carbocycles. The monoisotopic (exact) mass is 520 g/mol. The van der Waals surface area contributed by atoms with E-state index in [4.69, 9.17) is 4.74 Å². The maximum Gasteiger partial charge on any atom is 0.335 e. The number of rotatable bonds is 4. The van der Waals surface area contributed by atoms with Crippen LogP contribution in [0.4, 0.5) is 10.5 Å². The number of hydrogen-bond acceptors (Lipinski definition) is 4. The van der Waals surface area contributed by atoms with Crippen LogP contribution in [0.15, 0.2) is 50.9 Å². The average Bonchev–Trinajstić information content (AvgIpc) is 2.63. The Balaban J connectivity index is 2.06. The molecule has 0 saturated carbocycles. The molecule has 0 atom stereocenters. The van der Waals surface area contributed by atoms with Crippen LogP contribution in [0.3, 0.4) is 0 Å². The van der Waals surface area contributed by atoms with E-state index < -0.39 is 17.8 Å². The summed E-state index contributed by atoms with van der Waals surface area (Å²) in [6.45, 7) is 5.61. The van der Waals surface area contributed by atoms with Crippen LogP contribution in [-0.2, 0) is 9.59 Å². The third kappa shape index (κ3) is 4.59. The first-order chi connectivity index (χ1) is 13.7. The molecule has 4 amide bonds. The van der Waals surface area contributed by atoms with Crippen LogP contribution in [0.1, 0.15) is 25.0 Å². The van der Waals surface area contributed by atoms with Crippen molar-refractivity contribution in [3.8, 4) is 5.75 Å².